The summed E-state index contributed by atoms with van der Waals surface area (Å²) >= 11 is 3.55. The lowest BCUT2D eigenvalue weighted by atomic mass is 9.79. The van der Waals surface area contributed by atoms with Gasteiger partial charge in [0, 0.05) is 16.2 Å². The summed E-state index contributed by atoms with van der Waals surface area (Å²) in [4.78, 5) is 0. The maximum Gasteiger partial charge on any atom is 0.0345 e. The van der Waals surface area contributed by atoms with Gasteiger partial charge in [0.05, 0.1) is 0 Å². The molecule has 100 valence electrons. The Bertz CT molecular complexity index is 392. The van der Waals surface area contributed by atoms with Gasteiger partial charge in [-0.1, -0.05) is 29.8 Å². The predicted molar refractivity (Wildman–Crippen MR) is 83.1 cm³/mol. The fraction of sp³-hybridized carbons (Fsp3) is 0.625. The molecule has 1 aliphatic rings. The first kappa shape index (κ1) is 13.9. The van der Waals surface area contributed by atoms with E-state index < -0.39 is 0 Å². The molecule has 1 fully saturated rings. The highest BCUT2D eigenvalue weighted by atomic mass is 79.9. The summed E-state index contributed by atoms with van der Waals surface area (Å²) in [5.74, 6) is 1.79. The fourth-order valence-electron chi connectivity index (χ4n) is 2.90. The highest BCUT2D eigenvalue weighted by Crippen LogP contribution is 2.31. The van der Waals surface area contributed by atoms with Gasteiger partial charge in [-0.05, 0) is 68.2 Å². The second-order valence-electron chi connectivity index (χ2n) is 5.96. The summed E-state index contributed by atoms with van der Waals surface area (Å²) in [5.41, 5.74) is 2.57. The van der Waals surface area contributed by atoms with Gasteiger partial charge >= 0.3 is 0 Å². The number of aryl methyl sites for hydroxylation is 1. The topological polar surface area (TPSA) is 12.0 Å². The van der Waals surface area contributed by atoms with Crippen molar-refractivity contribution in [2.75, 3.05) is 5.32 Å². The SMILES string of the molecule is Cc1cc(NC2CCC(C(C)C)CC2)ccc1Br. The van der Waals surface area contributed by atoms with Gasteiger partial charge in [0.1, 0.15) is 0 Å². The van der Waals surface area contributed by atoms with Crippen LogP contribution in [0.4, 0.5) is 5.69 Å². The lowest BCUT2D eigenvalue weighted by Gasteiger charge is -2.32. The zero-order valence-electron chi connectivity index (χ0n) is 11.7. The molecule has 0 aliphatic heterocycles. The summed E-state index contributed by atoms with van der Waals surface area (Å²) in [5, 5.41) is 3.69. The van der Waals surface area contributed by atoms with E-state index in [1.807, 2.05) is 0 Å². The van der Waals surface area contributed by atoms with E-state index in [4.69, 9.17) is 0 Å². The first-order valence-electron chi connectivity index (χ1n) is 7.09. The molecule has 1 aromatic carbocycles. The van der Waals surface area contributed by atoms with Crippen molar-refractivity contribution in [2.24, 2.45) is 11.8 Å². The lowest BCUT2D eigenvalue weighted by molar-refractivity contribution is 0.267. The van der Waals surface area contributed by atoms with Crippen LogP contribution in [0.15, 0.2) is 22.7 Å². The molecule has 2 heteroatoms. The average molecular weight is 310 g/mol. The van der Waals surface area contributed by atoms with E-state index >= 15 is 0 Å². The number of nitrogens with one attached hydrogen (secondary N) is 1. The van der Waals surface area contributed by atoms with Gasteiger partial charge in [-0.3, -0.25) is 0 Å². The quantitative estimate of drug-likeness (QED) is 0.790. The average Bonchev–Trinajstić information content (AvgIpc) is 2.34. The molecule has 0 bridgehead atoms. The Hall–Kier alpha value is -0.500. The van der Waals surface area contributed by atoms with Crippen molar-refractivity contribution in [1.82, 2.24) is 0 Å². The zero-order valence-corrected chi connectivity index (χ0v) is 13.3. The van der Waals surface area contributed by atoms with Crippen LogP contribution in [0.3, 0.4) is 0 Å². The van der Waals surface area contributed by atoms with E-state index in [0.29, 0.717) is 6.04 Å². The van der Waals surface area contributed by atoms with E-state index in [2.05, 4.69) is 60.2 Å². The Balaban J connectivity index is 1.89. The third-order valence-corrected chi connectivity index (χ3v) is 5.13. The fourth-order valence-corrected chi connectivity index (χ4v) is 3.15. The van der Waals surface area contributed by atoms with E-state index in [0.717, 1.165) is 11.8 Å². The number of hydrogen-bond acceptors (Lipinski definition) is 1. The van der Waals surface area contributed by atoms with Gasteiger partial charge in [0.2, 0.25) is 0 Å². The predicted octanol–water partition coefficient (Wildman–Crippen LogP) is 5.38. The van der Waals surface area contributed by atoms with Crippen molar-refractivity contribution in [3.8, 4) is 0 Å². The summed E-state index contributed by atoms with van der Waals surface area (Å²) in [6.45, 7) is 6.86. The van der Waals surface area contributed by atoms with E-state index in [1.165, 1.54) is 41.4 Å². The number of rotatable bonds is 3. The van der Waals surface area contributed by atoms with Crippen LogP contribution in [0.1, 0.15) is 45.1 Å². The van der Waals surface area contributed by atoms with Crippen LogP contribution in [-0.4, -0.2) is 6.04 Å². The number of benzene rings is 1. The summed E-state index contributed by atoms with van der Waals surface area (Å²) < 4.78 is 1.19. The van der Waals surface area contributed by atoms with E-state index in [1.54, 1.807) is 0 Å². The molecule has 0 unspecified atom stereocenters. The van der Waals surface area contributed by atoms with Crippen LogP contribution >= 0.6 is 15.9 Å². The molecule has 0 saturated heterocycles. The van der Waals surface area contributed by atoms with Gasteiger partial charge in [0.25, 0.3) is 0 Å². The summed E-state index contributed by atoms with van der Waals surface area (Å²) in [6, 6.07) is 7.21. The number of hydrogen-bond donors (Lipinski definition) is 1. The zero-order chi connectivity index (χ0) is 13.1. The van der Waals surface area contributed by atoms with Crippen LogP contribution in [0, 0.1) is 18.8 Å². The first-order chi connectivity index (χ1) is 8.56. The molecule has 0 radical (unpaired) electrons. The molecule has 0 amide bonds. The highest BCUT2D eigenvalue weighted by molar-refractivity contribution is 9.10. The molecule has 1 N–H and O–H groups in total. The minimum atomic E-state index is 0.667. The second-order valence-corrected chi connectivity index (χ2v) is 6.82. The Morgan fingerprint density at radius 1 is 1.17 bits per heavy atom. The van der Waals surface area contributed by atoms with Crippen LogP contribution in [0.2, 0.25) is 0 Å². The third kappa shape index (κ3) is 3.50. The van der Waals surface area contributed by atoms with Gasteiger partial charge in [0.15, 0.2) is 0 Å². The summed E-state index contributed by atoms with van der Waals surface area (Å²) in [7, 11) is 0. The molecule has 1 nitrogen and oxygen atoms in total. The maximum absolute atomic E-state index is 3.69. The normalized spacial score (nSPS) is 24.3. The molecule has 18 heavy (non-hydrogen) atoms. The number of anilines is 1. The molecule has 0 spiro atoms. The van der Waals surface area contributed by atoms with E-state index in [9.17, 15) is 0 Å². The molecular formula is C16H24BrN. The Kier molecular flexibility index (Phi) is 4.71. The molecule has 1 saturated carbocycles. The monoisotopic (exact) mass is 309 g/mol. The largest absolute Gasteiger partial charge is 0.382 e. The van der Waals surface area contributed by atoms with Gasteiger partial charge in [-0.25, -0.2) is 0 Å². The van der Waals surface area contributed by atoms with Crippen molar-refractivity contribution in [3.05, 3.63) is 28.2 Å². The van der Waals surface area contributed by atoms with Crippen molar-refractivity contribution in [1.29, 1.82) is 0 Å². The molecule has 1 aliphatic carbocycles. The number of halogens is 1. The van der Waals surface area contributed by atoms with Crippen LogP contribution in [0.5, 0.6) is 0 Å². The Labute approximate surface area is 119 Å². The van der Waals surface area contributed by atoms with Gasteiger partial charge in [-0.15, -0.1) is 0 Å². The van der Waals surface area contributed by atoms with Crippen molar-refractivity contribution in [2.45, 2.75) is 52.5 Å². The van der Waals surface area contributed by atoms with Crippen molar-refractivity contribution < 1.29 is 0 Å². The Morgan fingerprint density at radius 2 is 1.83 bits per heavy atom. The minimum Gasteiger partial charge on any atom is -0.382 e. The van der Waals surface area contributed by atoms with Crippen molar-refractivity contribution in [3.63, 3.8) is 0 Å². The molecule has 2 rings (SSSR count). The van der Waals surface area contributed by atoms with Crippen molar-refractivity contribution >= 4 is 21.6 Å². The smallest absolute Gasteiger partial charge is 0.0345 e. The third-order valence-electron chi connectivity index (χ3n) is 4.24. The Morgan fingerprint density at radius 3 is 2.39 bits per heavy atom. The molecule has 0 atom stereocenters. The highest BCUT2D eigenvalue weighted by Gasteiger charge is 2.22. The van der Waals surface area contributed by atoms with Gasteiger partial charge in [-0.2, -0.15) is 0 Å². The lowest BCUT2D eigenvalue weighted by Crippen LogP contribution is -2.27. The molecule has 0 heterocycles. The van der Waals surface area contributed by atoms with Crippen LogP contribution in [0.25, 0.3) is 0 Å². The minimum absolute atomic E-state index is 0.667. The van der Waals surface area contributed by atoms with Crippen LogP contribution < -0.4 is 5.32 Å². The first-order valence-corrected chi connectivity index (χ1v) is 7.88. The maximum atomic E-state index is 3.69. The summed E-state index contributed by atoms with van der Waals surface area (Å²) in [6.07, 6.45) is 5.39. The van der Waals surface area contributed by atoms with E-state index in [-0.39, 0.29) is 0 Å². The molecular weight excluding hydrogens is 286 g/mol. The molecule has 1 aromatic rings. The van der Waals surface area contributed by atoms with Gasteiger partial charge < -0.3 is 5.32 Å². The standard InChI is InChI=1S/C16H24BrN/c1-11(2)13-4-6-14(7-5-13)18-15-8-9-16(17)12(3)10-15/h8-11,13-14,18H,4-7H2,1-3H3. The van der Waals surface area contributed by atoms with Crippen LogP contribution in [-0.2, 0) is 0 Å². The molecule has 0 aromatic heterocycles. The second kappa shape index (κ2) is 6.10.